The third kappa shape index (κ3) is 3.56. The van der Waals surface area contributed by atoms with Crippen LogP contribution in [-0.4, -0.2) is 29.9 Å². The van der Waals surface area contributed by atoms with Gasteiger partial charge in [-0.05, 0) is 37.5 Å². The van der Waals surface area contributed by atoms with Crippen LogP contribution >= 0.6 is 0 Å². The number of hydrogen-bond donors (Lipinski definition) is 0. The minimum Gasteiger partial charge on any atom is -0.494 e. The monoisotopic (exact) mass is 261 g/mol. The van der Waals surface area contributed by atoms with Gasteiger partial charge < -0.3 is 4.74 Å². The topological polar surface area (TPSA) is 46.6 Å². The van der Waals surface area contributed by atoms with Crippen molar-refractivity contribution < 1.29 is 14.3 Å². The van der Waals surface area contributed by atoms with Gasteiger partial charge in [0.2, 0.25) is 11.8 Å². The number of piperidine rings is 1. The first-order valence-corrected chi connectivity index (χ1v) is 6.75. The Morgan fingerprint density at radius 1 is 1.11 bits per heavy atom. The molecule has 0 radical (unpaired) electrons. The second-order valence-electron chi connectivity index (χ2n) is 4.62. The highest BCUT2D eigenvalue weighted by Gasteiger charge is 2.25. The fraction of sp³-hybridized carbons (Fsp3) is 0.467. The zero-order valence-electron chi connectivity index (χ0n) is 11.2. The Hall–Kier alpha value is -1.84. The Morgan fingerprint density at radius 2 is 1.74 bits per heavy atom. The minimum absolute atomic E-state index is 0.0396. The van der Waals surface area contributed by atoms with E-state index in [2.05, 4.69) is 0 Å². The van der Waals surface area contributed by atoms with Crippen LogP contribution in [0, 0.1) is 0 Å². The van der Waals surface area contributed by atoms with Gasteiger partial charge in [-0.25, -0.2) is 0 Å². The molecule has 4 heteroatoms. The molecule has 0 N–H and O–H groups in total. The summed E-state index contributed by atoms with van der Waals surface area (Å²) in [5.41, 5.74) is 1.11. The summed E-state index contributed by atoms with van der Waals surface area (Å²) in [6.45, 7) is 3.07. The summed E-state index contributed by atoms with van der Waals surface area (Å²) in [5, 5.41) is 0. The molecule has 0 atom stereocenters. The highest BCUT2D eigenvalue weighted by Crippen LogP contribution is 2.15. The van der Waals surface area contributed by atoms with Gasteiger partial charge in [-0.15, -0.1) is 0 Å². The number of hydrogen-bond acceptors (Lipinski definition) is 3. The van der Waals surface area contributed by atoms with Gasteiger partial charge in [-0.1, -0.05) is 12.1 Å². The van der Waals surface area contributed by atoms with Crippen LogP contribution < -0.4 is 4.74 Å². The third-order valence-electron chi connectivity index (χ3n) is 3.24. The smallest absolute Gasteiger partial charge is 0.229 e. The number of amides is 2. The predicted octanol–water partition coefficient (Wildman–Crippen LogP) is 2.17. The first-order valence-electron chi connectivity index (χ1n) is 6.75. The molecule has 1 aliphatic rings. The van der Waals surface area contributed by atoms with Crippen LogP contribution in [-0.2, 0) is 16.0 Å². The largest absolute Gasteiger partial charge is 0.494 e. The number of ether oxygens (including phenoxy) is 1. The van der Waals surface area contributed by atoms with Gasteiger partial charge in [0.05, 0.1) is 6.61 Å². The minimum atomic E-state index is -0.0396. The Balaban J connectivity index is 1.90. The van der Waals surface area contributed by atoms with E-state index < -0.39 is 0 Å². The molecule has 4 nitrogen and oxygen atoms in total. The van der Waals surface area contributed by atoms with Crippen LogP contribution in [0.25, 0.3) is 0 Å². The lowest BCUT2D eigenvalue weighted by Crippen LogP contribution is -2.41. The molecule has 1 saturated heterocycles. The molecule has 0 aliphatic carbocycles. The molecule has 1 heterocycles. The summed E-state index contributed by atoms with van der Waals surface area (Å²) in [6, 6.07) is 7.78. The molecular formula is C15H19NO3. The van der Waals surface area contributed by atoms with Crippen LogP contribution in [0.4, 0.5) is 0 Å². The number of rotatable bonds is 5. The molecule has 2 rings (SSSR count). The average molecular weight is 261 g/mol. The van der Waals surface area contributed by atoms with Gasteiger partial charge in [-0.2, -0.15) is 0 Å². The van der Waals surface area contributed by atoms with Crippen LogP contribution in [0.1, 0.15) is 31.7 Å². The van der Waals surface area contributed by atoms with Gasteiger partial charge in [0.1, 0.15) is 5.75 Å². The van der Waals surface area contributed by atoms with E-state index in [1.54, 1.807) is 0 Å². The molecule has 1 fully saturated rings. The molecular weight excluding hydrogens is 242 g/mol. The van der Waals surface area contributed by atoms with Crippen LogP contribution in [0.2, 0.25) is 0 Å². The van der Waals surface area contributed by atoms with Crippen molar-refractivity contribution in [3.63, 3.8) is 0 Å². The molecule has 0 spiro atoms. The Bertz CT molecular complexity index is 437. The van der Waals surface area contributed by atoms with E-state index in [1.165, 1.54) is 4.90 Å². The normalized spacial score (nSPS) is 15.7. The summed E-state index contributed by atoms with van der Waals surface area (Å²) in [5.74, 6) is 0.765. The van der Waals surface area contributed by atoms with Crippen molar-refractivity contribution in [1.29, 1.82) is 0 Å². The number of carbonyl (C=O) groups is 2. The molecule has 2 amide bonds. The molecule has 0 aromatic heterocycles. The van der Waals surface area contributed by atoms with Gasteiger partial charge in [0.25, 0.3) is 0 Å². The van der Waals surface area contributed by atoms with E-state index in [-0.39, 0.29) is 11.8 Å². The zero-order chi connectivity index (χ0) is 13.7. The maximum absolute atomic E-state index is 11.7. The predicted molar refractivity (Wildman–Crippen MR) is 71.9 cm³/mol. The number of nitrogens with zero attached hydrogens (tertiary/aromatic N) is 1. The quantitative estimate of drug-likeness (QED) is 0.763. The fourth-order valence-corrected chi connectivity index (χ4v) is 2.21. The van der Waals surface area contributed by atoms with Gasteiger partial charge >= 0.3 is 0 Å². The number of benzene rings is 1. The first kappa shape index (κ1) is 13.6. The van der Waals surface area contributed by atoms with Crippen molar-refractivity contribution in [1.82, 2.24) is 4.90 Å². The molecule has 0 unspecified atom stereocenters. The molecule has 0 saturated carbocycles. The lowest BCUT2D eigenvalue weighted by molar-refractivity contribution is -0.147. The number of likely N-dealkylation sites (tertiary alicyclic amines) is 1. The maximum atomic E-state index is 11.7. The summed E-state index contributed by atoms with van der Waals surface area (Å²) in [6.07, 6.45) is 2.38. The van der Waals surface area contributed by atoms with Gasteiger partial charge in [0.15, 0.2) is 0 Å². The average Bonchev–Trinajstić information content (AvgIpc) is 2.40. The Labute approximate surface area is 113 Å². The van der Waals surface area contributed by atoms with Crippen LogP contribution in [0.15, 0.2) is 24.3 Å². The van der Waals surface area contributed by atoms with E-state index in [0.29, 0.717) is 38.8 Å². The summed E-state index contributed by atoms with van der Waals surface area (Å²) in [4.78, 5) is 24.7. The standard InChI is InChI=1S/C15H19NO3/c1-2-19-13-8-6-12(7-9-13)10-11-16-14(17)4-3-5-15(16)18/h6-9H,2-5,10-11H2,1H3. The third-order valence-corrected chi connectivity index (χ3v) is 3.24. The van der Waals surface area contributed by atoms with Gasteiger partial charge in [0, 0.05) is 19.4 Å². The lowest BCUT2D eigenvalue weighted by Gasteiger charge is -2.24. The van der Waals surface area contributed by atoms with Crippen LogP contribution in [0.3, 0.4) is 0 Å². The highest BCUT2D eigenvalue weighted by molar-refractivity contribution is 5.97. The van der Waals surface area contributed by atoms with E-state index in [1.807, 2.05) is 31.2 Å². The van der Waals surface area contributed by atoms with Crippen molar-refractivity contribution in [2.75, 3.05) is 13.2 Å². The molecule has 19 heavy (non-hydrogen) atoms. The summed E-state index contributed by atoms with van der Waals surface area (Å²) < 4.78 is 5.37. The second kappa shape index (κ2) is 6.36. The van der Waals surface area contributed by atoms with Crippen molar-refractivity contribution in [3.8, 4) is 5.75 Å². The van der Waals surface area contributed by atoms with Crippen LogP contribution in [0.5, 0.6) is 5.75 Å². The molecule has 1 aromatic carbocycles. The lowest BCUT2D eigenvalue weighted by atomic mass is 10.1. The highest BCUT2D eigenvalue weighted by atomic mass is 16.5. The molecule has 1 aromatic rings. The van der Waals surface area contributed by atoms with E-state index >= 15 is 0 Å². The SMILES string of the molecule is CCOc1ccc(CCN2C(=O)CCCC2=O)cc1. The Morgan fingerprint density at radius 3 is 2.32 bits per heavy atom. The van der Waals surface area contributed by atoms with Crippen molar-refractivity contribution in [2.45, 2.75) is 32.6 Å². The number of imide groups is 1. The maximum Gasteiger partial charge on any atom is 0.229 e. The van der Waals surface area contributed by atoms with Gasteiger partial charge in [-0.3, -0.25) is 14.5 Å². The van der Waals surface area contributed by atoms with Crippen molar-refractivity contribution >= 4 is 11.8 Å². The number of carbonyl (C=O) groups excluding carboxylic acids is 2. The van der Waals surface area contributed by atoms with E-state index in [0.717, 1.165) is 11.3 Å². The molecule has 0 bridgehead atoms. The summed E-state index contributed by atoms with van der Waals surface area (Å²) in [7, 11) is 0. The van der Waals surface area contributed by atoms with E-state index in [4.69, 9.17) is 4.74 Å². The first-order chi connectivity index (χ1) is 9.20. The fourth-order valence-electron chi connectivity index (χ4n) is 2.21. The molecule has 1 aliphatic heterocycles. The van der Waals surface area contributed by atoms with E-state index in [9.17, 15) is 9.59 Å². The van der Waals surface area contributed by atoms with Crippen molar-refractivity contribution in [2.24, 2.45) is 0 Å². The molecule has 102 valence electrons. The zero-order valence-corrected chi connectivity index (χ0v) is 11.2. The summed E-state index contributed by atoms with van der Waals surface area (Å²) >= 11 is 0. The van der Waals surface area contributed by atoms with Crippen molar-refractivity contribution in [3.05, 3.63) is 29.8 Å². The second-order valence-corrected chi connectivity index (χ2v) is 4.62. The Kier molecular flexibility index (Phi) is 4.55.